The topological polar surface area (TPSA) is 35.5 Å². The Hall–Kier alpha value is -0.570. The van der Waals surface area contributed by atoms with Gasteiger partial charge in [-0.15, -0.1) is 0 Å². The molecule has 0 aromatic rings. The lowest BCUT2D eigenvalue weighted by Crippen LogP contribution is -2.40. The first-order valence-electron chi connectivity index (χ1n) is 6.26. The highest BCUT2D eigenvalue weighted by Crippen LogP contribution is 2.43. The van der Waals surface area contributed by atoms with Crippen LogP contribution in [-0.4, -0.2) is 25.8 Å². The van der Waals surface area contributed by atoms with Gasteiger partial charge in [-0.05, 0) is 31.6 Å². The van der Waals surface area contributed by atoms with Crippen molar-refractivity contribution in [3.63, 3.8) is 0 Å². The van der Waals surface area contributed by atoms with E-state index in [0.29, 0.717) is 12.5 Å². The van der Waals surface area contributed by atoms with E-state index in [1.807, 2.05) is 20.8 Å². The van der Waals surface area contributed by atoms with Gasteiger partial charge < -0.3 is 9.47 Å². The summed E-state index contributed by atoms with van der Waals surface area (Å²) in [6, 6.07) is 0. The lowest BCUT2D eigenvalue weighted by atomic mass is 9.81. The number of methoxy groups -OCH3 is 1. The number of carbonyl (C=O) groups is 1. The van der Waals surface area contributed by atoms with E-state index in [0.717, 1.165) is 25.7 Å². The molecule has 0 aliphatic heterocycles. The Morgan fingerprint density at radius 1 is 1.50 bits per heavy atom. The number of hydrogen-bond acceptors (Lipinski definition) is 3. The Labute approximate surface area is 98.5 Å². The Morgan fingerprint density at radius 3 is 2.69 bits per heavy atom. The first-order valence-corrected chi connectivity index (χ1v) is 6.26. The number of carbonyl (C=O) groups excluding carboxylic acids is 1. The van der Waals surface area contributed by atoms with E-state index in [9.17, 15) is 4.79 Å². The van der Waals surface area contributed by atoms with Gasteiger partial charge in [-0.25, -0.2) is 0 Å². The molecule has 2 atom stereocenters. The summed E-state index contributed by atoms with van der Waals surface area (Å²) in [4.78, 5) is 12.2. The molecule has 0 saturated heterocycles. The van der Waals surface area contributed by atoms with E-state index in [4.69, 9.17) is 9.47 Å². The molecule has 94 valence electrons. The third-order valence-corrected chi connectivity index (χ3v) is 3.58. The van der Waals surface area contributed by atoms with Gasteiger partial charge in [0.25, 0.3) is 0 Å². The van der Waals surface area contributed by atoms with Crippen LogP contribution in [0, 0.1) is 11.3 Å². The summed E-state index contributed by atoms with van der Waals surface area (Å²) in [5.41, 5.74) is -0.385. The maximum atomic E-state index is 12.2. The minimum Gasteiger partial charge on any atom is -0.465 e. The van der Waals surface area contributed by atoms with E-state index in [1.165, 1.54) is 0 Å². The Morgan fingerprint density at radius 2 is 2.19 bits per heavy atom. The largest absolute Gasteiger partial charge is 0.465 e. The quantitative estimate of drug-likeness (QED) is 0.679. The Bertz CT molecular complexity index is 237. The molecule has 0 aromatic heterocycles. The highest BCUT2D eigenvalue weighted by molar-refractivity contribution is 5.78. The smallest absolute Gasteiger partial charge is 0.314 e. The second-order valence-corrected chi connectivity index (χ2v) is 5.12. The maximum absolute atomic E-state index is 12.2. The summed E-state index contributed by atoms with van der Waals surface area (Å²) in [6.07, 6.45) is 3.78. The van der Waals surface area contributed by atoms with Crippen LogP contribution in [0.4, 0.5) is 0 Å². The van der Waals surface area contributed by atoms with Crippen LogP contribution in [0.3, 0.4) is 0 Å². The van der Waals surface area contributed by atoms with Gasteiger partial charge in [-0.3, -0.25) is 4.79 Å². The number of hydrogen-bond donors (Lipinski definition) is 0. The van der Waals surface area contributed by atoms with Crippen LogP contribution < -0.4 is 0 Å². The fraction of sp³-hybridized carbons (Fsp3) is 0.923. The molecule has 2 unspecified atom stereocenters. The van der Waals surface area contributed by atoms with E-state index in [-0.39, 0.29) is 17.5 Å². The van der Waals surface area contributed by atoms with Gasteiger partial charge in [0.15, 0.2) is 0 Å². The van der Waals surface area contributed by atoms with Crippen molar-refractivity contribution in [1.29, 1.82) is 0 Å². The van der Waals surface area contributed by atoms with E-state index >= 15 is 0 Å². The minimum atomic E-state index is -0.385. The van der Waals surface area contributed by atoms with Gasteiger partial charge in [0.2, 0.25) is 0 Å². The van der Waals surface area contributed by atoms with Gasteiger partial charge >= 0.3 is 5.97 Å². The fourth-order valence-corrected chi connectivity index (χ4v) is 2.55. The molecule has 3 nitrogen and oxygen atoms in total. The average Bonchev–Trinajstić information content (AvgIpc) is 2.69. The highest BCUT2D eigenvalue weighted by atomic mass is 16.5. The van der Waals surface area contributed by atoms with Crippen molar-refractivity contribution in [3.8, 4) is 0 Å². The zero-order valence-corrected chi connectivity index (χ0v) is 10.9. The zero-order chi connectivity index (χ0) is 12.2. The lowest BCUT2D eigenvalue weighted by Gasteiger charge is -2.31. The van der Waals surface area contributed by atoms with Crippen LogP contribution in [0.1, 0.15) is 46.5 Å². The van der Waals surface area contributed by atoms with Crippen LogP contribution in [-0.2, 0) is 14.3 Å². The first kappa shape index (κ1) is 13.5. The monoisotopic (exact) mass is 228 g/mol. The molecular formula is C13H24O3. The van der Waals surface area contributed by atoms with Crippen molar-refractivity contribution in [2.24, 2.45) is 11.3 Å². The van der Waals surface area contributed by atoms with Crippen molar-refractivity contribution in [1.82, 2.24) is 0 Å². The summed E-state index contributed by atoms with van der Waals surface area (Å²) >= 11 is 0. The highest BCUT2D eigenvalue weighted by Gasteiger charge is 2.49. The number of ether oxygens (including phenoxy) is 2. The average molecular weight is 228 g/mol. The molecule has 1 saturated carbocycles. The third-order valence-electron chi connectivity index (χ3n) is 3.58. The van der Waals surface area contributed by atoms with Crippen LogP contribution in [0.5, 0.6) is 0 Å². The van der Waals surface area contributed by atoms with Gasteiger partial charge in [-0.1, -0.05) is 20.8 Å². The van der Waals surface area contributed by atoms with Crippen LogP contribution in [0.2, 0.25) is 0 Å². The van der Waals surface area contributed by atoms with Crippen molar-refractivity contribution < 1.29 is 14.3 Å². The van der Waals surface area contributed by atoms with Gasteiger partial charge in [-0.2, -0.15) is 0 Å². The Balaban J connectivity index is 2.67. The summed E-state index contributed by atoms with van der Waals surface area (Å²) in [6.45, 7) is 6.66. The summed E-state index contributed by atoms with van der Waals surface area (Å²) in [7, 11) is 1.69. The molecule has 3 heteroatoms. The molecule has 0 spiro atoms. The van der Waals surface area contributed by atoms with Gasteiger partial charge in [0.1, 0.15) is 0 Å². The maximum Gasteiger partial charge on any atom is 0.314 e. The molecule has 16 heavy (non-hydrogen) atoms. The molecule has 0 amide bonds. The fourth-order valence-electron chi connectivity index (χ4n) is 2.55. The van der Waals surface area contributed by atoms with Crippen molar-refractivity contribution in [3.05, 3.63) is 0 Å². The molecule has 0 aromatic carbocycles. The predicted octanol–water partition coefficient (Wildman–Crippen LogP) is 2.78. The minimum absolute atomic E-state index is 0.0390. The molecular weight excluding hydrogens is 204 g/mol. The van der Waals surface area contributed by atoms with Crippen LogP contribution in [0.25, 0.3) is 0 Å². The number of esters is 1. The zero-order valence-electron chi connectivity index (χ0n) is 10.9. The molecule has 1 aliphatic rings. The second-order valence-electron chi connectivity index (χ2n) is 5.12. The van der Waals surface area contributed by atoms with E-state index in [2.05, 4.69) is 0 Å². The summed E-state index contributed by atoms with van der Waals surface area (Å²) in [5, 5.41) is 0. The molecule has 1 fully saturated rings. The molecule has 1 rings (SSSR count). The van der Waals surface area contributed by atoms with E-state index in [1.54, 1.807) is 7.11 Å². The SMILES string of the molecule is CCC1(C(=O)OCC(C)C)CCCC1OC. The van der Waals surface area contributed by atoms with Crippen molar-refractivity contribution >= 4 is 5.97 Å². The molecule has 1 aliphatic carbocycles. The summed E-state index contributed by atoms with van der Waals surface area (Å²) in [5.74, 6) is 0.327. The second kappa shape index (κ2) is 5.67. The van der Waals surface area contributed by atoms with Crippen LogP contribution >= 0.6 is 0 Å². The molecule has 0 N–H and O–H groups in total. The van der Waals surface area contributed by atoms with Crippen LogP contribution in [0.15, 0.2) is 0 Å². The molecule has 0 heterocycles. The van der Waals surface area contributed by atoms with E-state index < -0.39 is 0 Å². The predicted molar refractivity (Wildman–Crippen MR) is 63.2 cm³/mol. The van der Waals surface area contributed by atoms with Crippen molar-refractivity contribution in [2.75, 3.05) is 13.7 Å². The van der Waals surface area contributed by atoms with Crippen molar-refractivity contribution in [2.45, 2.75) is 52.6 Å². The third kappa shape index (κ3) is 2.57. The number of rotatable bonds is 5. The van der Waals surface area contributed by atoms with Gasteiger partial charge in [0, 0.05) is 7.11 Å². The standard InChI is InChI=1S/C13H24O3/c1-5-13(8-6-7-11(13)15-4)12(14)16-9-10(2)3/h10-11H,5-9H2,1-4H3. The molecule has 0 radical (unpaired) electrons. The summed E-state index contributed by atoms with van der Waals surface area (Å²) < 4.78 is 10.8. The molecule has 0 bridgehead atoms. The normalized spacial score (nSPS) is 29.7. The first-order chi connectivity index (χ1) is 7.56. The lowest BCUT2D eigenvalue weighted by molar-refractivity contribution is -0.164. The van der Waals surface area contributed by atoms with Gasteiger partial charge in [0.05, 0.1) is 18.1 Å². The Kier molecular flexibility index (Phi) is 4.78.